The summed E-state index contributed by atoms with van der Waals surface area (Å²) in [7, 11) is 1.24. The Bertz CT molecular complexity index is 843. The lowest BCUT2D eigenvalue weighted by atomic mass is 10.2. The van der Waals surface area contributed by atoms with Crippen molar-refractivity contribution in [1.82, 2.24) is 5.32 Å². The van der Waals surface area contributed by atoms with E-state index >= 15 is 0 Å². The molecule has 2 amide bonds. The molecule has 0 aliphatic rings. The van der Waals surface area contributed by atoms with E-state index in [0.29, 0.717) is 5.56 Å². The molecule has 0 atom stereocenters. The molecule has 2 aromatic rings. The monoisotopic (exact) mass is 382 g/mol. The maximum Gasteiger partial charge on any atom is 0.387 e. The van der Waals surface area contributed by atoms with Crippen LogP contribution in [-0.2, 0) is 4.79 Å². The summed E-state index contributed by atoms with van der Waals surface area (Å²) in [5.74, 6) is -1.92. The third kappa shape index (κ3) is 5.63. The number of aryl methyl sites for hydroxylation is 1. The lowest BCUT2D eigenvalue weighted by molar-refractivity contribution is -0.115. The van der Waals surface area contributed by atoms with Crippen LogP contribution in [0, 0.1) is 12.7 Å². The first kappa shape index (κ1) is 20.1. The summed E-state index contributed by atoms with van der Waals surface area (Å²) in [6.45, 7) is -1.81. The molecule has 0 unspecified atom stereocenters. The summed E-state index contributed by atoms with van der Waals surface area (Å²) in [6.07, 6.45) is 0. The van der Waals surface area contributed by atoms with Crippen molar-refractivity contribution in [2.24, 2.45) is 0 Å². The minimum atomic E-state index is -3.03. The zero-order chi connectivity index (χ0) is 20.0. The average Bonchev–Trinajstić information content (AvgIpc) is 2.62. The highest BCUT2D eigenvalue weighted by molar-refractivity contribution is 5.99. The Kier molecular flexibility index (Phi) is 6.64. The molecule has 0 fully saturated rings. The van der Waals surface area contributed by atoms with E-state index in [2.05, 4.69) is 15.4 Å². The number of anilines is 1. The van der Waals surface area contributed by atoms with Gasteiger partial charge in [-0.05, 0) is 42.8 Å². The molecule has 0 spiro atoms. The van der Waals surface area contributed by atoms with Crippen molar-refractivity contribution in [2.45, 2.75) is 13.5 Å². The van der Waals surface area contributed by atoms with E-state index in [4.69, 9.17) is 4.74 Å². The van der Waals surface area contributed by atoms with Gasteiger partial charge in [0, 0.05) is 11.3 Å². The summed E-state index contributed by atoms with van der Waals surface area (Å²) in [6, 6.07) is 7.84. The molecule has 9 heteroatoms. The molecule has 0 saturated heterocycles. The first-order valence-electron chi connectivity index (χ1n) is 7.77. The highest BCUT2D eigenvalue weighted by Gasteiger charge is 2.15. The molecule has 6 nitrogen and oxygen atoms in total. The molecule has 144 valence electrons. The second-order valence-electron chi connectivity index (χ2n) is 5.44. The number of benzene rings is 2. The van der Waals surface area contributed by atoms with E-state index < -0.39 is 24.2 Å². The number of alkyl halides is 2. The van der Waals surface area contributed by atoms with Gasteiger partial charge < -0.3 is 20.1 Å². The van der Waals surface area contributed by atoms with Crippen LogP contribution in [0.5, 0.6) is 11.5 Å². The van der Waals surface area contributed by atoms with Gasteiger partial charge in [-0.2, -0.15) is 8.78 Å². The van der Waals surface area contributed by atoms with Crippen LogP contribution < -0.4 is 20.1 Å². The lowest BCUT2D eigenvalue weighted by Gasteiger charge is -2.12. The molecule has 2 rings (SSSR count). The minimum Gasteiger partial charge on any atom is -0.493 e. The molecular weight excluding hydrogens is 365 g/mol. The fourth-order valence-corrected chi connectivity index (χ4v) is 2.14. The van der Waals surface area contributed by atoms with E-state index in [1.165, 1.54) is 37.4 Å². The van der Waals surface area contributed by atoms with Crippen LogP contribution in [0.25, 0.3) is 0 Å². The van der Waals surface area contributed by atoms with E-state index in [-0.39, 0.29) is 29.3 Å². The van der Waals surface area contributed by atoms with Gasteiger partial charge in [0.15, 0.2) is 11.5 Å². The number of carbonyl (C=O) groups excluding carboxylic acids is 2. The van der Waals surface area contributed by atoms with Gasteiger partial charge in [0.1, 0.15) is 5.82 Å². The molecule has 0 saturated carbocycles. The van der Waals surface area contributed by atoms with Crippen LogP contribution >= 0.6 is 0 Å². The Labute approximate surface area is 153 Å². The van der Waals surface area contributed by atoms with E-state index in [1.807, 2.05) is 0 Å². The minimum absolute atomic E-state index is 0.0532. The normalized spacial score (nSPS) is 10.4. The molecule has 0 heterocycles. The van der Waals surface area contributed by atoms with Gasteiger partial charge in [0.05, 0.1) is 13.7 Å². The fraction of sp³-hybridized carbons (Fsp3) is 0.222. The molecule has 0 aliphatic carbocycles. The van der Waals surface area contributed by atoms with Crippen LogP contribution in [0.4, 0.5) is 18.9 Å². The Morgan fingerprint density at radius 3 is 2.48 bits per heavy atom. The van der Waals surface area contributed by atoms with E-state index in [0.717, 1.165) is 6.07 Å². The van der Waals surface area contributed by atoms with Gasteiger partial charge in [-0.15, -0.1) is 0 Å². The third-order valence-electron chi connectivity index (χ3n) is 3.51. The summed E-state index contributed by atoms with van der Waals surface area (Å²) >= 11 is 0. The Balaban J connectivity index is 1.96. The number of ether oxygens (including phenoxy) is 2. The zero-order valence-corrected chi connectivity index (χ0v) is 14.5. The number of hydrogen-bond acceptors (Lipinski definition) is 4. The predicted molar refractivity (Wildman–Crippen MR) is 91.7 cm³/mol. The average molecular weight is 382 g/mol. The van der Waals surface area contributed by atoms with Crippen LogP contribution in [0.3, 0.4) is 0 Å². The first-order valence-corrected chi connectivity index (χ1v) is 7.77. The van der Waals surface area contributed by atoms with Gasteiger partial charge >= 0.3 is 6.61 Å². The topological polar surface area (TPSA) is 76.7 Å². The van der Waals surface area contributed by atoms with Gasteiger partial charge in [-0.1, -0.05) is 6.07 Å². The van der Waals surface area contributed by atoms with Crippen molar-refractivity contribution in [3.8, 4) is 11.5 Å². The smallest absolute Gasteiger partial charge is 0.387 e. The number of hydrogen-bond donors (Lipinski definition) is 2. The molecule has 0 radical (unpaired) electrons. The molecule has 2 N–H and O–H groups in total. The van der Waals surface area contributed by atoms with E-state index in [9.17, 15) is 22.8 Å². The second kappa shape index (κ2) is 8.93. The highest BCUT2D eigenvalue weighted by atomic mass is 19.3. The van der Waals surface area contributed by atoms with Crippen molar-refractivity contribution in [2.75, 3.05) is 19.0 Å². The summed E-state index contributed by atoms with van der Waals surface area (Å²) in [5, 5.41) is 4.82. The third-order valence-corrected chi connectivity index (χ3v) is 3.51. The zero-order valence-electron chi connectivity index (χ0n) is 14.5. The summed E-state index contributed by atoms with van der Waals surface area (Å²) in [4.78, 5) is 24.0. The van der Waals surface area contributed by atoms with Crippen molar-refractivity contribution in [1.29, 1.82) is 0 Å². The number of amides is 2. The van der Waals surface area contributed by atoms with Gasteiger partial charge in [0.2, 0.25) is 5.91 Å². The van der Waals surface area contributed by atoms with Crippen LogP contribution in [0.2, 0.25) is 0 Å². The van der Waals surface area contributed by atoms with Crippen molar-refractivity contribution in [3.05, 3.63) is 53.3 Å². The Morgan fingerprint density at radius 2 is 1.85 bits per heavy atom. The fourth-order valence-electron chi connectivity index (χ4n) is 2.14. The Morgan fingerprint density at radius 1 is 1.11 bits per heavy atom. The predicted octanol–water partition coefficient (Wildman–Crippen LogP) is 3.11. The van der Waals surface area contributed by atoms with Crippen molar-refractivity contribution >= 4 is 17.5 Å². The maximum atomic E-state index is 13.5. The molecule has 0 aliphatic heterocycles. The van der Waals surface area contributed by atoms with E-state index in [1.54, 1.807) is 6.92 Å². The standard InChI is InChI=1S/C18H17F3N2O4/c1-10-3-5-12(8-13(10)19)23-16(24)9-22-17(25)11-4-6-14(27-18(20)21)15(7-11)26-2/h3-8,18H,9H2,1-2H3,(H,22,25)(H,23,24). The number of carbonyl (C=O) groups is 2. The van der Waals surface area contributed by atoms with Gasteiger partial charge in [-0.25, -0.2) is 4.39 Å². The van der Waals surface area contributed by atoms with Crippen molar-refractivity contribution < 1.29 is 32.2 Å². The highest BCUT2D eigenvalue weighted by Crippen LogP contribution is 2.29. The molecule has 2 aromatic carbocycles. The summed E-state index contributed by atoms with van der Waals surface area (Å²) < 4.78 is 47.2. The lowest BCUT2D eigenvalue weighted by Crippen LogP contribution is -2.32. The SMILES string of the molecule is COc1cc(C(=O)NCC(=O)Nc2ccc(C)c(F)c2)ccc1OC(F)F. The van der Waals surface area contributed by atoms with Gasteiger partial charge in [-0.3, -0.25) is 9.59 Å². The Hall–Kier alpha value is -3.23. The van der Waals surface area contributed by atoms with Crippen LogP contribution in [-0.4, -0.2) is 32.1 Å². The quantitative estimate of drug-likeness (QED) is 0.772. The first-order chi connectivity index (χ1) is 12.8. The summed E-state index contributed by atoms with van der Waals surface area (Å²) in [5.41, 5.74) is 0.782. The second-order valence-corrected chi connectivity index (χ2v) is 5.44. The van der Waals surface area contributed by atoms with Gasteiger partial charge in [0.25, 0.3) is 5.91 Å². The van der Waals surface area contributed by atoms with Crippen LogP contribution in [0.1, 0.15) is 15.9 Å². The number of rotatable bonds is 7. The number of nitrogens with one attached hydrogen (secondary N) is 2. The number of methoxy groups -OCH3 is 1. The van der Waals surface area contributed by atoms with Crippen molar-refractivity contribution in [3.63, 3.8) is 0 Å². The molecule has 0 bridgehead atoms. The molecule has 0 aromatic heterocycles. The largest absolute Gasteiger partial charge is 0.493 e. The maximum absolute atomic E-state index is 13.5. The van der Waals surface area contributed by atoms with Crippen LogP contribution in [0.15, 0.2) is 36.4 Å². The number of halogens is 3. The molecular formula is C18H17F3N2O4. The molecule has 27 heavy (non-hydrogen) atoms.